The zero-order valence-electron chi connectivity index (χ0n) is 11.8. The van der Waals surface area contributed by atoms with E-state index in [-0.39, 0.29) is 16.9 Å². The highest BCUT2D eigenvalue weighted by Crippen LogP contribution is 2.40. The van der Waals surface area contributed by atoms with Crippen LogP contribution in [0.15, 0.2) is 59.1 Å². The van der Waals surface area contributed by atoms with Crippen molar-refractivity contribution in [1.29, 1.82) is 0 Å². The van der Waals surface area contributed by atoms with E-state index in [1.165, 1.54) is 18.2 Å². The van der Waals surface area contributed by atoms with Crippen molar-refractivity contribution >= 4 is 0 Å². The number of alkyl halides is 3. The highest BCUT2D eigenvalue weighted by molar-refractivity contribution is 5.74. The molecule has 0 aliphatic rings. The molecule has 0 amide bonds. The molecule has 1 heterocycles. The minimum atomic E-state index is -4.52. The summed E-state index contributed by atoms with van der Waals surface area (Å²) in [6, 6.07) is 13.9. The van der Waals surface area contributed by atoms with Crippen LogP contribution in [0.25, 0.3) is 22.6 Å². The van der Waals surface area contributed by atoms with Crippen LogP contribution in [0.2, 0.25) is 0 Å². The summed E-state index contributed by atoms with van der Waals surface area (Å²) in [5, 5.41) is 13.5. The van der Waals surface area contributed by atoms with Gasteiger partial charge in [0, 0.05) is 11.1 Å². The van der Waals surface area contributed by atoms with Gasteiger partial charge in [-0.25, -0.2) is 0 Å². The fourth-order valence-electron chi connectivity index (χ4n) is 2.42. The Hall–Kier alpha value is -2.60. The number of rotatable bonds is 3. The fourth-order valence-corrected chi connectivity index (χ4v) is 2.42. The van der Waals surface area contributed by atoms with Gasteiger partial charge in [0.1, 0.15) is 5.69 Å². The maximum Gasteiger partial charge on any atom is 0.417 e. The van der Waals surface area contributed by atoms with Gasteiger partial charge in [-0.3, -0.25) is 0 Å². The summed E-state index contributed by atoms with van der Waals surface area (Å²) in [5.74, 6) is -0.0701. The average molecular weight is 319 g/mol. The van der Waals surface area contributed by atoms with Crippen molar-refractivity contribution in [3.8, 4) is 22.6 Å². The van der Waals surface area contributed by atoms with Crippen LogP contribution < -0.4 is 0 Å². The van der Waals surface area contributed by atoms with Crippen molar-refractivity contribution in [2.75, 3.05) is 0 Å². The summed E-state index contributed by atoms with van der Waals surface area (Å²) in [6.45, 7) is -0.477. The lowest BCUT2D eigenvalue weighted by Crippen LogP contribution is -2.07. The van der Waals surface area contributed by atoms with Crippen molar-refractivity contribution in [3.05, 3.63) is 65.7 Å². The van der Waals surface area contributed by atoms with Gasteiger partial charge < -0.3 is 9.63 Å². The van der Waals surface area contributed by atoms with E-state index in [4.69, 9.17) is 4.52 Å². The van der Waals surface area contributed by atoms with E-state index in [2.05, 4.69) is 5.16 Å². The van der Waals surface area contributed by atoms with Gasteiger partial charge in [-0.15, -0.1) is 0 Å². The molecule has 0 aliphatic carbocycles. The summed E-state index contributed by atoms with van der Waals surface area (Å²) in [7, 11) is 0. The Morgan fingerprint density at radius 1 is 0.957 bits per heavy atom. The van der Waals surface area contributed by atoms with Crippen LogP contribution in [-0.2, 0) is 12.8 Å². The predicted octanol–water partition coefficient (Wildman–Crippen LogP) is 4.52. The third-order valence-corrected chi connectivity index (χ3v) is 3.47. The summed E-state index contributed by atoms with van der Waals surface area (Å²) >= 11 is 0. The third kappa shape index (κ3) is 2.85. The lowest BCUT2D eigenvalue weighted by atomic mass is 9.99. The molecule has 1 N–H and O–H groups in total. The fraction of sp³-hybridized carbons (Fsp3) is 0.118. The van der Waals surface area contributed by atoms with E-state index in [1.54, 1.807) is 24.3 Å². The molecule has 0 saturated heterocycles. The molecule has 0 radical (unpaired) electrons. The maximum atomic E-state index is 13.2. The Balaban J connectivity index is 2.18. The quantitative estimate of drug-likeness (QED) is 0.772. The van der Waals surface area contributed by atoms with Crippen LogP contribution in [0.4, 0.5) is 13.2 Å². The van der Waals surface area contributed by atoms with Crippen molar-refractivity contribution in [3.63, 3.8) is 0 Å². The summed E-state index contributed by atoms with van der Waals surface area (Å²) in [5.41, 5.74) is 0.258. The van der Waals surface area contributed by atoms with Crippen LogP contribution in [0.5, 0.6) is 0 Å². The molecule has 118 valence electrons. The standard InChI is InChI=1S/C17H12F3NO2/c18-17(19,20)14-9-5-4-8-12(14)16-13(10-22)15(21-23-16)11-6-2-1-3-7-11/h1-9,22H,10H2. The van der Waals surface area contributed by atoms with Crippen molar-refractivity contribution < 1.29 is 22.8 Å². The van der Waals surface area contributed by atoms with Gasteiger partial charge >= 0.3 is 6.18 Å². The molecular formula is C17H12F3NO2. The molecule has 23 heavy (non-hydrogen) atoms. The largest absolute Gasteiger partial charge is 0.417 e. The second-order valence-corrected chi connectivity index (χ2v) is 4.91. The van der Waals surface area contributed by atoms with Crippen molar-refractivity contribution in [2.24, 2.45) is 0 Å². The van der Waals surface area contributed by atoms with Crippen LogP contribution in [0.1, 0.15) is 11.1 Å². The number of benzene rings is 2. The number of hydrogen-bond acceptors (Lipinski definition) is 3. The number of hydrogen-bond donors (Lipinski definition) is 1. The lowest BCUT2D eigenvalue weighted by Gasteiger charge is -2.11. The van der Waals surface area contributed by atoms with Crippen LogP contribution in [0.3, 0.4) is 0 Å². The van der Waals surface area contributed by atoms with E-state index >= 15 is 0 Å². The third-order valence-electron chi connectivity index (χ3n) is 3.47. The predicted molar refractivity (Wildman–Crippen MR) is 78.3 cm³/mol. The van der Waals surface area contributed by atoms with E-state index < -0.39 is 18.3 Å². The zero-order chi connectivity index (χ0) is 16.4. The highest BCUT2D eigenvalue weighted by Gasteiger charge is 2.35. The highest BCUT2D eigenvalue weighted by atomic mass is 19.4. The normalized spacial score (nSPS) is 11.7. The first-order valence-electron chi connectivity index (χ1n) is 6.84. The molecule has 0 bridgehead atoms. The zero-order valence-corrected chi connectivity index (χ0v) is 11.8. The number of nitrogens with zero attached hydrogens (tertiary/aromatic N) is 1. The van der Waals surface area contributed by atoms with Gasteiger partial charge in [0.2, 0.25) is 0 Å². The van der Waals surface area contributed by atoms with Crippen LogP contribution in [0, 0.1) is 0 Å². The molecule has 2 aromatic carbocycles. The van der Waals surface area contributed by atoms with Gasteiger partial charge in [-0.1, -0.05) is 53.7 Å². The molecule has 6 heteroatoms. The molecule has 0 atom stereocenters. The molecule has 3 aromatic rings. The minimum absolute atomic E-state index is 0.0701. The minimum Gasteiger partial charge on any atom is -0.391 e. The first kappa shape index (κ1) is 15.3. The Morgan fingerprint density at radius 2 is 1.61 bits per heavy atom. The Bertz CT molecular complexity index is 810. The molecule has 1 aromatic heterocycles. The second-order valence-electron chi connectivity index (χ2n) is 4.91. The summed E-state index contributed by atoms with van der Waals surface area (Å²) in [6.07, 6.45) is -4.52. The van der Waals surface area contributed by atoms with Crippen LogP contribution in [-0.4, -0.2) is 10.3 Å². The Morgan fingerprint density at radius 3 is 2.26 bits per heavy atom. The molecule has 0 fully saturated rings. The van der Waals surface area contributed by atoms with Gasteiger partial charge in [0.25, 0.3) is 0 Å². The molecule has 3 rings (SSSR count). The van der Waals surface area contributed by atoms with Crippen molar-refractivity contribution in [2.45, 2.75) is 12.8 Å². The van der Waals surface area contributed by atoms with E-state index in [0.717, 1.165) is 6.07 Å². The SMILES string of the molecule is OCc1c(-c2ccccc2)noc1-c1ccccc1C(F)(F)F. The lowest BCUT2D eigenvalue weighted by molar-refractivity contribution is -0.137. The molecule has 0 aliphatic heterocycles. The van der Waals surface area contributed by atoms with Gasteiger partial charge in [0.05, 0.1) is 17.7 Å². The number of aromatic nitrogens is 1. The first-order chi connectivity index (χ1) is 11.0. The van der Waals surface area contributed by atoms with Gasteiger partial charge in [0.15, 0.2) is 5.76 Å². The molecule has 0 unspecified atom stereocenters. The van der Waals surface area contributed by atoms with E-state index in [9.17, 15) is 18.3 Å². The van der Waals surface area contributed by atoms with E-state index in [0.29, 0.717) is 11.3 Å². The van der Waals surface area contributed by atoms with E-state index in [1.807, 2.05) is 6.07 Å². The number of aliphatic hydroxyl groups is 1. The van der Waals surface area contributed by atoms with Gasteiger partial charge in [-0.2, -0.15) is 13.2 Å². The molecule has 3 nitrogen and oxygen atoms in total. The summed E-state index contributed by atoms with van der Waals surface area (Å²) < 4.78 is 44.7. The van der Waals surface area contributed by atoms with Crippen LogP contribution >= 0.6 is 0 Å². The number of halogens is 3. The topological polar surface area (TPSA) is 46.3 Å². The maximum absolute atomic E-state index is 13.2. The molecular weight excluding hydrogens is 307 g/mol. The van der Waals surface area contributed by atoms with Gasteiger partial charge in [-0.05, 0) is 6.07 Å². The average Bonchev–Trinajstić information content (AvgIpc) is 2.98. The summed E-state index contributed by atoms with van der Waals surface area (Å²) in [4.78, 5) is 0. The van der Waals surface area contributed by atoms with Crippen molar-refractivity contribution in [1.82, 2.24) is 5.16 Å². The first-order valence-corrected chi connectivity index (χ1v) is 6.84. The Kier molecular flexibility index (Phi) is 3.92. The smallest absolute Gasteiger partial charge is 0.391 e. The molecule has 0 spiro atoms. The molecule has 0 saturated carbocycles. The Labute approximate surface area is 130 Å². The second kappa shape index (κ2) is 5.89. The number of aliphatic hydroxyl groups excluding tert-OH is 1. The monoisotopic (exact) mass is 319 g/mol.